The summed E-state index contributed by atoms with van der Waals surface area (Å²) in [5, 5.41) is 6.70. The smallest absolute Gasteiger partial charge is 0.191 e. The highest BCUT2D eigenvalue weighted by Gasteiger charge is 2.07. The Balaban J connectivity index is 1.85. The van der Waals surface area contributed by atoms with E-state index < -0.39 is 0 Å². The van der Waals surface area contributed by atoms with Crippen LogP contribution >= 0.6 is 0 Å². The molecule has 5 heteroatoms. The number of benzene rings is 1. The van der Waals surface area contributed by atoms with E-state index >= 15 is 0 Å². The molecule has 27 heavy (non-hydrogen) atoms. The summed E-state index contributed by atoms with van der Waals surface area (Å²) in [4.78, 5) is 8.64. The van der Waals surface area contributed by atoms with Gasteiger partial charge in [0.1, 0.15) is 5.75 Å². The van der Waals surface area contributed by atoms with Crippen LogP contribution in [0.1, 0.15) is 37.1 Å². The van der Waals surface area contributed by atoms with Crippen LogP contribution in [0.3, 0.4) is 0 Å². The van der Waals surface area contributed by atoms with Crippen molar-refractivity contribution in [3.8, 4) is 5.75 Å². The highest BCUT2D eigenvalue weighted by atomic mass is 16.5. The first-order valence-electron chi connectivity index (χ1n) is 9.65. The van der Waals surface area contributed by atoms with Gasteiger partial charge in [-0.2, -0.15) is 0 Å². The number of aromatic nitrogens is 1. The fourth-order valence-electron chi connectivity index (χ4n) is 2.60. The zero-order valence-electron chi connectivity index (χ0n) is 17.0. The van der Waals surface area contributed by atoms with Crippen LogP contribution in [0.25, 0.3) is 0 Å². The minimum absolute atomic E-state index is 0.638. The zero-order chi connectivity index (χ0) is 19.5. The number of ether oxygens (including phenoxy) is 1. The van der Waals surface area contributed by atoms with Gasteiger partial charge < -0.3 is 15.4 Å². The third kappa shape index (κ3) is 7.69. The molecule has 0 radical (unpaired) electrons. The van der Waals surface area contributed by atoms with Crippen molar-refractivity contribution in [2.45, 2.75) is 40.2 Å². The first kappa shape index (κ1) is 20.7. The maximum absolute atomic E-state index is 6.03. The van der Waals surface area contributed by atoms with Crippen molar-refractivity contribution in [1.29, 1.82) is 0 Å². The van der Waals surface area contributed by atoms with Crippen molar-refractivity contribution in [2.24, 2.45) is 10.9 Å². The van der Waals surface area contributed by atoms with Crippen LogP contribution in [-0.4, -0.2) is 31.1 Å². The third-order valence-electron chi connectivity index (χ3n) is 4.25. The van der Waals surface area contributed by atoms with Crippen LogP contribution < -0.4 is 15.4 Å². The lowest BCUT2D eigenvalue weighted by Gasteiger charge is -2.16. The van der Waals surface area contributed by atoms with Crippen LogP contribution in [0, 0.1) is 12.8 Å². The molecular weight excluding hydrogens is 336 g/mol. The van der Waals surface area contributed by atoms with Gasteiger partial charge in [-0.25, -0.2) is 0 Å². The molecule has 0 aliphatic rings. The van der Waals surface area contributed by atoms with Crippen molar-refractivity contribution in [2.75, 3.05) is 20.2 Å². The molecule has 0 spiro atoms. The lowest BCUT2D eigenvalue weighted by molar-refractivity contribution is 0.286. The SMILES string of the molecule is CN=C(NCCc1ccccn1)NCc1ccc(C)cc1OCCC(C)C. The standard InChI is InChI=1S/C22H32N4O/c1-17(2)11-14-27-21-15-18(3)8-9-19(21)16-26-22(23-4)25-13-10-20-7-5-6-12-24-20/h5-9,12,15,17H,10-11,13-14,16H2,1-4H3,(H2,23,25,26). The lowest BCUT2D eigenvalue weighted by atomic mass is 10.1. The van der Waals surface area contributed by atoms with Gasteiger partial charge in [0.15, 0.2) is 5.96 Å². The molecule has 5 nitrogen and oxygen atoms in total. The highest BCUT2D eigenvalue weighted by Crippen LogP contribution is 2.21. The van der Waals surface area contributed by atoms with Gasteiger partial charge in [-0.05, 0) is 43.0 Å². The fraction of sp³-hybridized carbons (Fsp3) is 0.455. The maximum Gasteiger partial charge on any atom is 0.191 e. The molecule has 0 aliphatic heterocycles. The van der Waals surface area contributed by atoms with E-state index in [9.17, 15) is 0 Å². The van der Waals surface area contributed by atoms with Crippen molar-refractivity contribution < 1.29 is 4.74 Å². The quantitative estimate of drug-likeness (QED) is 0.523. The molecule has 1 heterocycles. The second-order valence-corrected chi connectivity index (χ2v) is 7.07. The molecule has 0 saturated carbocycles. The lowest BCUT2D eigenvalue weighted by Crippen LogP contribution is -2.38. The van der Waals surface area contributed by atoms with Crippen LogP contribution in [0.2, 0.25) is 0 Å². The number of rotatable bonds is 9. The van der Waals surface area contributed by atoms with Gasteiger partial charge >= 0.3 is 0 Å². The largest absolute Gasteiger partial charge is 0.493 e. The second kappa shape index (κ2) is 11.2. The van der Waals surface area contributed by atoms with E-state index in [-0.39, 0.29) is 0 Å². The first-order valence-corrected chi connectivity index (χ1v) is 9.65. The number of nitrogens with one attached hydrogen (secondary N) is 2. The summed E-state index contributed by atoms with van der Waals surface area (Å²) in [6, 6.07) is 12.3. The molecule has 0 unspecified atom stereocenters. The number of hydrogen-bond donors (Lipinski definition) is 2. The average Bonchev–Trinajstić information content (AvgIpc) is 2.66. The predicted molar refractivity (Wildman–Crippen MR) is 112 cm³/mol. The van der Waals surface area contributed by atoms with Crippen LogP contribution in [0.15, 0.2) is 47.6 Å². The molecule has 0 saturated heterocycles. The predicted octanol–water partition coefficient (Wildman–Crippen LogP) is 3.72. The molecule has 0 aliphatic carbocycles. The fourth-order valence-corrected chi connectivity index (χ4v) is 2.60. The Hall–Kier alpha value is -2.56. The normalized spacial score (nSPS) is 11.5. The van der Waals surface area contributed by atoms with Crippen LogP contribution in [0.5, 0.6) is 5.75 Å². The summed E-state index contributed by atoms with van der Waals surface area (Å²) in [5.74, 6) is 2.37. The number of guanidine groups is 1. The van der Waals surface area contributed by atoms with E-state index in [2.05, 4.69) is 59.6 Å². The third-order valence-corrected chi connectivity index (χ3v) is 4.25. The monoisotopic (exact) mass is 368 g/mol. The van der Waals surface area contributed by atoms with Crippen LogP contribution in [0.4, 0.5) is 0 Å². The molecule has 2 rings (SSSR count). The molecule has 2 aromatic rings. The summed E-state index contributed by atoms with van der Waals surface area (Å²) < 4.78 is 6.03. The van der Waals surface area contributed by atoms with Gasteiger partial charge in [-0.3, -0.25) is 9.98 Å². The van der Waals surface area contributed by atoms with Gasteiger partial charge in [0, 0.05) is 44.0 Å². The second-order valence-electron chi connectivity index (χ2n) is 7.07. The zero-order valence-corrected chi connectivity index (χ0v) is 17.0. The molecule has 1 aromatic heterocycles. The highest BCUT2D eigenvalue weighted by molar-refractivity contribution is 5.79. The Morgan fingerprint density at radius 1 is 1.19 bits per heavy atom. The summed E-state index contributed by atoms with van der Waals surface area (Å²) in [6.07, 6.45) is 3.73. The molecule has 0 fully saturated rings. The Morgan fingerprint density at radius 2 is 2.04 bits per heavy atom. The van der Waals surface area contributed by atoms with E-state index in [0.29, 0.717) is 12.5 Å². The number of aryl methyl sites for hydroxylation is 1. The molecule has 2 N–H and O–H groups in total. The van der Waals surface area contributed by atoms with Crippen molar-refractivity contribution in [3.63, 3.8) is 0 Å². The number of pyridine rings is 1. The van der Waals surface area contributed by atoms with Gasteiger partial charge in [0.05, 0.1) is 6.61 Å². The number of nitrogens with zero attached hydrogens (tertiary/aromatic N) is 2. The number of aliphatic imine (C=N–C) groups is 1. The topological polar surface area (TPSA) is 58.5 Å². The van der Waals surface area contributed by atoms with E-state index in [0.717, 1.165) is 49.0 Å². The van der Waals surface area contributed by atoms with Gasteiger partial charge in [-0.1, -0.05) is 32.0 Å². The van der Waals surface area contributed by atoms with Gasteiger partial charge in [0.25, 0.3) is 0 Å². The Morgan fingerprint density at radius 3 is 2.74 bits per heavy atom. The van der Waals surface area contributed by atoms with E-state index in [1.54, 1.807) is 7.05 Å². The average molecular weight is 369 g/mol. The van der Waals surface area contributed by atoms with Gasteiger partial charge in [0.2, 0.25) is 0 Å². The molecule has 0 amide bonds. The first-order chi connectivity index (χ1) is 13.1. The Bertz CT molecular complexity index is 714. The van der Waals surface area contributed by atoms with E-state index in [1.165, 1.54) is 5.56 Å². The molecular formula is C22H32N4O. The minimum atomic E-state index is 0.638. The minimum Gasteiger partial charge on any atom is -0.493 e. The summed E-state index contributed by atoms with van der Waals surface area (Å²) in [5.41, 5.74) is 3.41. The molecule has 1 aromatic carbocycles. The molecule has 0 bridgehead atoms. The van der Waals surface area contributed by atoms with E-state index in [4.69, 9.17) is 4.74 Å². The van der Waals surface area contributed by atoms with Crippen molar-refractivity contribution >= 4 is 5.96 Å². The summed E-state index contributed by atoms with van der Waals surface area (Å²) >= 11 is 0. The Kier molecular flexibility index (Phi) is 8.62. The Labute approximate surface area is 163 Å². The van der Waals surface area contributed by atoms with Gasteiger partial charge in [-0.15, -0.1) is 0 Å². The maximum atomic E-state index is 6.03. The summed E-state index contributed by atoms with van der Waals surface area (Å²) in [7, 11) is 1.78. The van der Waals surface area contributed by atoms with E-state index in [1.807, 2.05) is 24.4 Å². The van der Waals surface area contributed by atoms with Crippen LogP contribution in [-0.2, 0) is 13.0 Å². The summed E-state index contributed by atoms with van der Waals surface area (Å²) in [6.45, 7) is 8.70. The number of hydrogen-bond acceptors (Lipinski definition) is 3. The molecule has 0 atom stereocenters. The van der Waals surface area contributed by atoms with Crippen molar-refractivity contribution in [3.05, 3.63) is 59.4 Å². The van der Waals surface area contributed by atoms with Crippen molar-refractivity contribution in [1.82, 2.24) is 15.6 Å². The molecule has 146 valence electrons.